The molecule has 3 heteroatoms. The van der Waals surface area contributed by atoms with E-state index in [4.69, 9.17) is 0 Å². The Bertz CT molecular complexity index is 537. The second-order valence-corrected chi connectivity index (χ2v) is 4.78. The van der Waals surface area contributed by atoms with Crippen molar-refractivity contribution in [2.75, 3.05) is 5.32 Å². The fourth-order valence-electron chi connectivity index (χ4n) is 2.55. The van der Waals surface area contributed by atoms with E-state index < -0.39 is 0 Å². The molecule has 0 saturated heterocycles. The highest BCUT2D eigenvalue weighted by molar-refractivity contribution is 5.40. The summed E-state index contributed by atoms with van der Waals surface area (Å²) in [5.41, 5.74) is 4.36. The van der Waals surface area contributed by atoms with Crippen LogP contribution in [0.15, 0.2) is 36.7 Å². The van der Waals surface area contributed by atoms with Gasteiger partial charge in [-0.1, -0.05) is 25.1 Å². The van der Waals surface area contributed by atoms with Crippen molar-refractivity contribution >= 4 is 5.95 Å². The molecule has 0 bridgehead atoms. The van der Waals surface area contributed by atoms with E-state index in [0.29, 0.717) is 6.04 Å². The van der Waals surface area contributed by atoms with E-state index in [1.807, 2.05) is 6.07 Å². The van der Waals surface area contributed by atoms with Crippen LogP contribution in [0, 0.1) is 0 Å². The van der Waals surface area contributed by atoms with Crippen molar-refractivity contribution in [3.63, 3.8) is 0 Å². The van der Waals surface area contributed by atoms with Crippen LogP contribution < -0.4 is 5.32 Å². The number of benzene rings is 1. The van der Waals surface area contributed by atoms with Crippen LogP contribution in [0.4, 0.5) is 5.95 Å². The Morgan fingerprint density at radius 3 is 2.72 bits per heavy atom. The highest BCUT2D eigenvalue weighted by Gasteiger charge is 2.21. The third-order valence-electron chi connectivity index (χ3n) is 3.51. The summed E-state index contributed by atoms with van der Waals surface area (Å²) in [6.45, 7) is 2.20. The maximum atomic E-state index is 4.22. The fraction of sp³-hybridized carbons (Fsp3) is 0.333. The largest absolute Gasteiger partial charge is 0.351 e. The van der Waals surface area contributed by atoms with Gasteiger partial charge in [0, 0.05) is 18.4 Å². The lowest BCUT2D eigenvalue weighted by molar-refractivity contribution is 0.761. The summed E-state index contributed by atoms with van der Waals surface area (Å²) in [6.07, 6.45) is 6.78. The molecule has 1 aliphatic carbocycles. The van der Waals surface area contributed by atoms with Gasteiger partial charge >= 0.3 is 0 Å². The molecule has 1 atom stereocenters. The molecular weight excluding hydrogens is 222 g/mol. The van der Waals surface area contributed by atoms with Gasteiger partial charge in [-0.15, -0.1) is 0 Å². The molecule has 1 N–H and O–H groups in total. The molecule has 2 aromatic rings. The van der Waals surface area contributed by atoms with Gasteiger partial charge in [0.05, 0.1) is 0 Å². The van der Waals surface area contributed by atoms with Gasteiger partial charge in [0.15, 0.2) is 0 Å². The van der Waals surface area contributed by atoms with Gasteiger partial charge in [-0.25, -0.2) is 9.97 Å². The molecule has 0 fully saturated rings. The first kappa shape index (κ1) is 11.2. The molecule has 0 spiro atoms. The Morgan fingerprint density at radius 1 is 1.17 bits per heavy atom. The first-order chi connectivity index (χ1) is 8.85. The van der Waals surface area contributed by atoms with Gasteiger partial charge in [0.2, 0.25) is 5.95 Å². The zero-order chi connectivity index (χ0) is 12.4. The van der Waals surface area contributed by atoms with E-state index in [2.05, 4.69) is 40.4 Å². The first-order valence-corrected chi connectivity index (χ1v) is 6.49. The number of nitrogens with one attached hydrogen (secondary N) is 1. The van der Waals surface area contributed by atoms with Crippen molar-refractivity contribution in [1.29, 1.82) is 0 Å². The maximum absolute atomic E-state index is 4.22. The average molecular weight is 239 g/mol. The lowest BCUT2D eigenvalue weighted by Gasteiger charge is -2.10. The molecule has 3 nitrogen and oxygen atoms in total. The molecule has 1 aromatic heterocycles. The first-order valence-electron chi connectivity index (χ1n) is 6.49. The number of aryl methyl sites for hydroxylation is 1. The molecule has 1 heterocycles. The predicted molar refractivity (Wildman–Crippen MR) is 72.7 cm³/mol. The summed E-state index contributed by atoms with van der Waals surface area (Å²) < 4.78 is 0. The van der Waals surface area contributed by atoms with Gasteiger partial charge in [0.1, 0.15) is 0 Å². The summed E-state index contributed by atoms with van der Waals surface area (Å²) in [5.74, 6) is 0.728. The van der Waals surface area contributed by atoms with Crippen molar-refractivity contribution in [3.05, 3.63) is 53.3 Å². The van der Waals surface area contributed by atoms with E-state index in [-0.39, 0.29) is 0 Å². The lowest BCUT2D eigenvalue weighted by Crippen LogP contribution is -2.20. The van der Waals surface area contributed by atoms with Crippen LogP contribution in [-0.4, -0.2) is 16.0 Å². The average Bonchev–Trinajstić information content (AvgIpc) is 2.80. The third kappa shape index (κ3) is 2.21. The molecule has 92 valence electrons. The lowest BCUT2D eigenvalue weighted by atomic mass is 10.1. The summed E-state index contributed by atoms with van der Waals surface area (Å²) in [6, 6.07) is 9.10. The van der Waals surface area contributed by atoms with Gasteiger partial charge in [0.25, 0.3) is 0 Å². The molecule has 1 aliphatic rings. The van der Waals surface area contributed by atoms with E-state index in [9.17, 15) is 0 Å². The van der Waals surface area contributed by atoms with Crippen LogP contribution in [0.1, 0.15) is 23.6 Å². The quantitative estimate of drug-likeness (QED) is 0.894. The van der Waals surface area contributed by atoms with Crippen molar-refractivity contribution in [2.24, 2.45) is 0 Å². The molecule has 0 saturated carbocycles. The van der Waals surface area contributed by atoms with E-state index in [0.717, 1.165) is 25.2 Å². The van der Waals surface area contributed by atoms with Crippen LogP contribution in [0.25, 0.3) is 0 Å². The van der Waals surface area contributed by atoms with Gasteiger partial charge in [-0.3, -0.25) is 0 Å². The number of hydrogen-bond donors (Lipinski definition) is 1. The molecule has 0 radical (unpaired) electrons. The topological polar surface area (TPSA) is 37.8 Å². The zero-order valence-electron chi connectivity index (χ0n) is 10.6. The van der Waals surface area contributed by atoms with Crippen molar-refractivity contribution in [1.82, 2.24) is 9.97 Å². The van der Waals surface area contributed by atoms with Crippen LogP contribution in [0.2, 0.25) is 0 Å². The Hall–Kier alpha value is -1.90. The van der Waals surface area contributed by atoms with Crippen LogP contribution in [0.5, 0.6) is 0 Å². The minimum Gasteiger partial charge on any atom is -0.351 e. The Balaban J connectivity index is 1.73. The Labute approximate surface area is 107 Å². The number of fused-ring (bicyclic) bond motifs is 1. The second-order valence-electron chi connectivity index (χ2n) is 4.78. The summed E-state index contributed by atoms with van der Waals surface area (Å²) >= 11 is 0. The van der Waals surface area contributed by atoms with Gasteiger partial charge < -0.3 is 5.32 Å². The molecule has 1 aromatic carbocycles. The fourth-order valence-corrected chi connectivity index (χ4v) is 2.55. The molecule has 1 unspecified atom stereocenters. The molecule has 0 amide bonds. The van der Waals surface area contributed by atoms with Crippen LogP contribution >= 0.6 is 0 Å². The zero-order valence-corrected chi connectivity index (χ0v) is 10.6. The van der Waals surface area contributed by atoms with Crippen LogP contribution in [0.3, 0.4) is 0 Å². The number of aromatic nitrogens is 2. The highest BCUT2D eigenvalue weighted by atomic mass is 15.1. The predicted octanol–water partition coefficient (Wildman–Crippen LogP) is 2.62. The summed E-state index contributed by atoms with van der Waals surface area (Å²) in [5, 5.41) is 3.40. The summed E-state index contributed by atoms with van der Waals surface area (Å²) in [4.78, 5) is 8.43. The normalized spacial score (nSPS) is 17.5. The number of rotatable bonds is 3. The van der Waals surface area contributed by atoms with Gasteiger partial charge in [-0.2, -0.15) is 0 Å². The molecular formula is C15H17N3. The van der Waals surface area contributed by atoms with Crippen LogP contribution in [-0.2, 0) is 19.3 Å². The molecule has 18 heavy (non-hydrogen) atoms. The van der Waals surface area contributed by atoms with Crippen molar-refractivity contribution in [3.8, 4) is 0 Å². The second kappa shape index (κ2) is 4.77. The SMILES string of the molecule is CCc1ccc2c(c1)CC(Nc1ncccn1)C2. The maximum Gasteiger partial charge on any atom is 0.222 e. The summed E-state index contributed by atoms with van der Waals surface area (Å²) in [7, 11) is 0. The minimum absolute atomic E-state index is 0.425. The Morgan fingerprint density at radius 2 is 1.94 bits per heavy atom. The molecule has 0 aliphatic heterocycles. The monoisotopic (exact) mass is 239 g/mol. The smallest absolute Gasteiger partial charge is 0.222 e. The minimum atomic E-state index is 0.425. The van der Waals surface area contributed by atoms with Gasteiger partial charge in [-0.05, 0) is 42.0 Å². The Kier molecular flexibility index (Phi) is 2.97. The highest BCUT2D eigenvalue weighted by Crippen LogP contribution is 2.25. The number of nitrogens with zero attached hydrogens (tertiary/aromatic N) is 2. The standard InChI is InChI=1S/C15H17N3/c1-2-11-4-5-12-9-14(10-13(12)8-11)18-15-16-6-3-7-17-15/h3-8,14H,2,9-10H2,1H3,(H,16,17,18). The third-order valence-corrected chi connectivity index (χ3v) is 3.51. The van der Waals surface area contributed by atoms with Crippen molar-refractivity contribution < 1.29 is 0 Å². The van der Waals surface area contributed by atoms with E-state index in [1.54, 1.807) is 12.4 Å². The van der Waals surface area contributed by atoms with E-state index in [1.165, 1.54) is 16.7 Å². The molecule has 3 rings (SSSR count). The number of hydrogen-bond acceptors (Lipinski definition) is 3. The van der Waals surface area contributed by atoms with E-state index >= 15 is 0 Å². The van der Waals surface area contributed by atoms with Crippen molar-refractivity contribution in [2.45, 2.75) is 32.2 Å². The number of anilines is 1.